The number of carboxylic acids is 1. The number of hydrogen-bond donors (Lipinski definition) is 4. The fraction of sp³-hybridized carbons (Fsp3) is 0.154. The molecule has 0 aliphatic heterocycles. The molecule has 2 rings (SSSR count). The van der Waals surface area contributed by atoms with Crippen molar-refractivity contribution in [3.63, 3.8) is 0 Å². The number of aliphatic hydroxyl groups excluding tert-OH is 1. The van der Waals surface area contributed by atoms with Crippen LogP contribution in [0.15, 0.2) is 35.3 Å². The van der Waals surface area contributed by atoms with Crippen LogP contribution in [0, 0.1) is 0 Å². The van der Waals surface area contributed by atoms with Gasteiger partial charge in [0.05, 0.1) is 6.61 Å². The standard InChI is InChI=1S/C13H12N2O5/c16-6-10(13(19)20)15-12(18)8-5-14-9-4-2-1-3-7(9)11(8)17/h1-5,10,16H,6H2,(H,14,17)(H,15,18)(H,19,20)/t10-/m1/s1. The summed E-state index contributed by atoms with van der Waals surface area (Å²) >= 11 is 0. The fourth-order valence-corrected chi connectivity index (χ4v) is 1.76. The number of aromatic nitrogens is 1. The van der Waals surface area contributed by atoms with Crippen LogP contribution in [0.3, 0.4) is 0 Å². The van der Waals surface area contributed by atoms with E-state index < -0.39 is 30.0 Å². The topological polar surface area (TPSA) is 119 Å². The molecule has 4 N–H and O–H groups in total. The summed E-state index contributed by atoms with van der Waals surface area (Å²) in [5.41, 5.74) is -0.131. The Morgan fingerprint density at radius 2 is 2.00 bits per heavy atom. The van der Waals surface area contributed by atoms with Crippen LogP contribution in [0.2, 0.25) is 0 Å². The molecule has 0 radical (unpaired) electrons. The highest BCUT2D eigenvalue weighted by Gasteiger charge is 2.21. The molecular weight excluding hydrogens is 264 g/mol. The summed E-state index contributed by atoms with van der Waals surface area (Å²) in [7, 11) is 0. The van der Waals surface area contributed by atoms with Crippen LogP contribution in [-0.2, 0) is 4.79 Å². The van der Waals surface area contributed by atoms with Crippen molar-refractivity contribution in [2.45, 2.75) is 6.04 Å². The van der Waals surface area contributed by atoms with Crippen molar-refractivity contribution in [3.8, 4) is 0 Å². The quantitative estimate of drug-likeness (QED) is 0.611. The van der Waals surface area contributed by atoms with Gasteiger partial charge in [0.2, 0.25) is 5.43 Å². The minimum Gasteiger partial charge on any atom is -0.480 e. The first-order chi connectivity index (χ1) is 9.54. The maximum absolute atomic E-state index is 12.1. The second-order valence-electron chi connectivity index (χ2n) is 4.12. The maximum atomic E-state index is 12.1. The first-order valence-corrected chi connectivity index (χ1v) is 5.79. The van der Waals surface area contributed by atoms with Crippen molar-refractivity contribution in [1.82, 2.24) is 10.3 Å². The molecule has 1 amide bonds. The molecule has 7 heteroatoms. The first kappa shape index (κ1) is 13.8. The van der Waals surface area contributed by atoms with E-state index in [2.05, 4.69) is 10.3 Å². The molecule has 2 aromatic rings. The minimum atomic E-state index is -1.45. The predicted molar refractivity (Wildman–Crippen MR) is 70.5 cm³/mol. The van der Waals surface area contributed by atoms with E-state index in [1.54, 1.807) is 24.3 Å². The van der Waals surface area contributed by atoms with Gasteiger partial charge in [-0.1, -0.05) is 12.1 Å². The van der Waals surface area contributed by atoms with Crippen molar-refractivity contribution in [1.29, 1.82) is 0 Å². The molecule has 7 nitrogen and oxygen atoms in total. The van der Waals surface area contributed by atoms with Crippen LogP contribution in [-0.4, -0.2) is 39.7 Å². The average molecular weight is 276 g/mol. The van der Waals surface area contributed by atoms with E-state index in [4.69, 9.17) is 10.2 Å². The summed E-state index contributed by atoms with van der Waals surface area (Å²) in [6.07, 6.45) is 1.22. The molecule has 0 spiro atoms. The lowest BCUT2D eigenvalue weighted by Gasteiger charge is -2.11. The summed E-state index contributed by atoms with van der Waals surface area (Å²) in [5, 5.41) is 20.0. The van der Waals surface area contributed by atoms with Gasteiger partial charge in [-0.15, -0.1) is 0 Å². The molecule has 1 aromatic heterocycles. The molecule has 0 bridgehead atoms. The van der Waals surface area contributed by atoms with E-state index in [0.717, 1.165) is 0 Å². The minimum absolute atomic E-state index is 0.205. The van der Waals surface area contributed by atoms with Crippen LogP contribution in [0.25, 0.3) is 10.9 Å². The Morgan fingerprint density at radius 1 is 1.30 bits per heavy atom. The SMILES string of the molecule is O=C(N[C@H](CO)C(=O)O)c1c[nH]c2ccccc2c1=O. The lowest BCUT2D eigenvalue weighted by Crippen LogP contribution is -2.44. The van der Waals surface area contributed by atoms with Crippen LogP contribution in [0.5, 0.6) is 0 Å². The Balaban J connectivity index is 2.38. The fourth-order valence-electron chi connectivity index (χ4n) is 1.76. The second-order valence-corrected chi connectivity index (χ2v) is 4.12. The van der Waals surface area contributed by atoms with E-state index in [9.17, 15) is 14.4 Å². The van der Waals surface area contributed by atoms with Gasteiger partial charge in [0.25, 0.3) is 5.91 Å². The van der Waals surface area contributed by atoms with Crippen molar-refractivity contribution in [2.75, 3.05) is 6.61 Å². The monoisotopic (exact) mass is 276 g/mol. The summed E-state index contributed by atoms with van der Waals surface area (Å²) in [6, 6.07) is 5.20. The Hall–Kier alpha value is -2.67. The van der Waals surface area contributed by atoms with Crippen molar-refractivity contribution in [2.24, 2.45) is 0 Å². The molecule has 104 valence electrons. The average Bonchev–Trinajstić information content (AvgIpc) is 2.44. The molecule has 1 heterocycles. The third kappa shape index (κ3) is 2.52. The lowest BCUT2D eigenvalue weighted by atomic mass is 10.1. The molecule has 1 atom stereocenters. The normalized spacial score (nSPS) is 12.1. The number of hydrogen-bond acceptors (Lipinski definition) is 4. The highest BCUT2D eigenvalue weighted by molar-refractivity contribution is 5.98. The number of fused-ring (bicyclic) bond motifs is 1. The summed E-state index contributed by atoms with van der Waals surface area (Å²) in [6.45, 7) is -0.757. The number of pyridine rings is 1. The molecule has 0 aliphatic carbocycles. The number of para-hydroxylation sites is 1. The van der Waals surface area contributed by atoms with Crippen molar-refractivity contribution < 1.29 is 19.8 Å². The highest BCUT2D eigenvalue weighted by Crippen LogP contribution is 2.07. The van der Waals surface area contributed by atoms with Gasteiger partial charge in [0.1, 0.15) is 5.56 Å². The zero-order valence-electron chi connectivity index (χ0n) is 10.3. The van der Waals surface area contributed by atoms with Gasteiger partial charge >= 0.3 is 5.97 Å². The molecule has 0 saturated carbocycles. The van der Waals surface area contributed by atoms with E-state index in [1.807, 2.05) is 0 Å². The zero-order valence-corrected chi connectivity index (χ0v) is 10.3. The predicted octanol–water partition coefficient (Wildman–Crippen LogP) is -0.297. The Labute approximate surface area is 112 Å². The van der Waals surface area contributed by atoms with Crippen LogP contribution in [0.4, 0.5) is 0 Å². The van der Waals surface area contributed by atoms with Crippen molar-refractivity contribution >= 4 is 22.8 Å². The number of benzene rings is 1. The Kier molecular flexibility index (Phi) is 3.81. The summed E-state index contributed by atoms with van der Waals surface area (Å²) in [4.78, 5) is 37.5. The number of aliphatic carboxylic acids is 1. The number of rotatable bonds is 4. The Bertz CT molecular complexity index is 722. The largest absolute Gasteiger partial charge is 0.480 e. The maximum Gasteiger partial charge on any atom is 0.328 e. The number of aromatic amines is 1. The van der Waals surface area contributed by atoms with E-state index in [0.29, 0.717) is 10.9 Å². The number of aliphatic hydroxyl groups is 1. The molecule has 0 fully saturated rings. The van der Waals surface area contributed by atoms with Gasteiger partial charge in [0, 0.05) is 17.1 Å². The van der Waals surface area contributed by atoms with Crippen molar-refractivity contribution in [3.05, 3.63) is 46.2 Å². The molecular formula is C13H12N2O5. The molecule has 1 aromatic carbocycles. The van der Waals surface area contributed by atoms with Crippen LogP contribution in [0.1, 0.15) is 10.4 Å². The summed E-state index contributed by atoms with van der Waals surface area (Å²) in [5.74, 6) is -2.23. The molecule has 0 unspecified atom stereocenters. The molecule has 20 heavy (non-hydrogen) atoms. The number of H-pyrrole nitrogens is 1. The molecule has 0 saturated heterocycles. The zero-order chi connectivity index (χ0) is 14.7. The number of amides is 1. The number of carboxylic acid groups (broad SMARTS) is 1. The number of carbonyl (C=O) groups is 2. The van der Waals surface area contributed by atoms with E-state index >= 15 is 0 Å². The molecule has 0 aliphatic rings. The van der Waals surface area contributed by atoms with Gasteiger partial charge in [-0.2, -0.15) is 0 Å². The van der Waals surface area contributed by atoms with E-state index in [1.165, 1.54) is 6.20 Å². The number of nitrogens with one attached hydrogen (secondary N) is 2. The second kappa shape index (κ2) is 5.54. The third-order valence-corrected chi connectivity index (χ3v) is 2.82. The first-order valence-electron chi connectivity index (χ1n) is 5.79. The number of carbonyl (C=O) groups excluding carboxylic acids is 1. The van der Waals surface area contributed by atoms with Gasteiger partial charge < -0.3 is 20.5 Å². The Morgan fingerprint density at radius 3 is 2.65 bits per heavy atom. The van der Waals surface area contributed by atoms with Gasteiger partial charge in [-0.05, 0) is 12.1 Å². The van der Waals surface area contributed by atoms with E-state index in [-0.39, 0.29) is 5.56 Å². The lowest BCUT2D eigenvalue weighted by molar-refractivity contribution is -0.140. The van der Waals surface area contributed by atoms with Gasteiger partial charge in [-0.25, -0.2) is 4.79 Å². The smallest absolute Gasteiger partial charge is 0.328 e. The van der Waals surface area contributed by atoms with Crippen LogP contribution < -0.4 is 10.7 Å². The van der Waals surface area contributed by atoms with Gasteiger partial charge in [-0.3, -0.25) is 9.59 Å². The van der Waals surface area contributed by atoms with Crippen LogP contribution >= 0.6 is 0 Å². The third-order valence-electron chi connectivity index (χ3n) is 2.82. The van der Waals surface area contributed by atoms with Gasteiger partial charge in [0.15, 0.2) is 6.04 Å². The summed E-state index contributed by atoms with van der Waals surface area (Å²) < 4.78 is 0. The highest BCUT2D eigenvalue weighted by atomic mass is 16.4.